The number of hydrogen-bond donors (Lipinski definition) is 0. The number of rotatable bonds is 5. The summed E-state index contributed by atoms with van der Waals surface area (Å²) in [5.41, 5.74) is 2.43. The third kappa shape index (κ3) is 3.61. The molecule has 0 fully saturated rings. The van der Waals surface area contributed by atoms with Crippen LogP contribution in [0, 0.1) is 3.57 Å². The van der Waals surface area contributed by atoms with Crippen molar-refractivity contribution < 1.29 is 14.3 Å². The van der Waals surface area contributed by atoms with Gasteiger partial charge in [0, 0.05) is 0 Å². The van der Waals surface area contributed by atoms with Crippen LogP contribution in [0.3, 0.4) is 0 Å². The highest BCUT2D eigenvalue weighted by molar-refractivity contribution is 14.1. The Morgan fingerprint density at radius 1 is 1.29 bits per heavy atom. The molecule has 4 rings (SSSR count). The molecule has 0 N–H and O–H groups in total. The van der Waals surface area contributed by atoms with Crippen molar-refractivity contribution in [3.05, 3.63) is 66.5 Å². The lowest BCUT2D eigenvalue weighted by atomic mass is 10.2. The average molecular weight is 506 g/mol. The Labute approximate surface area is 177 Å². The lowest BCUT2D eigenvalue weighted by molar-refractivity contribution is -0.145. The van der Waals surface area contributed by atoms with Gasteiger partial charge in [0.15, 0.2) is 11.6 Å². The molecule has 0 aliphatic carbocycles. The second-order valence-electron chi connectivity index (χ2n) is 5.92. The molecule has 2 heterocycles. The zero-order valence-electron chi connectivity index (χ0n) is 14.8. The monoisotopic (exact) mass is 506 g/mol. The molecule has 8 heteroatoms. The maximum absolute atomic E-state index is 12.8. The fourth-order valence-electron chi connectivity index (χ4n) is 2.83. The number of hydrogen-bond acceptors (Lipinski definition) is 6. The standard InChI is InChI=1S/C20H15IN2O4S/c1-2-26-18(24)11-27-16-8-7-12(9-13(16)21)10-17-19(25)23-15-6-4-3-5-14(15)22-20(23)28-17/h3-10H,2,11H2,1H3. The number of esters is 1. The molecule has 4 aromatic rings. The molecule has 0 unspecified atom stereocenters. The number of para-hydroxylation sites is 2. The van der Waals surface area contributed by atoms with Gasteiger partial charge in [-0.1, -0.05) is 29.5 Å². The summed E-state index contributed by atoms with van der Waals surface area (Å²) in [7, 11) is 0. The minimum atomic E-state index is -0.404. The number of nitrogens with zero attached hydrogens (tertiary/aromatic N) is 2. The minimum absolute atomic E-state index is 0.0775. The van der Waals surface area contributed by atoms with Gasteiger partial charge in [-0.05, 0) is 65.4 Å². The van der Waals surface area contributed by atoms with Gasteiger partial charge in [0.1, 0.15) is 5.75 Å². The van der Waals surface area contributed by atoms with E-state index in [1.54, 1.807) is 17.4 Å². The second kappa shape index (κ2) is 7.88. The predicted octanol–water partition coefficient (Wildman–Crippen LogP) is 3.00. The van der Waals surface area contributed by atoms with E-state index in [1.165, 1.54) is 11.3 Å². The second-order valence-corrected chi connectivity index (χ2v) is 8.09. The maximum Gasteiger partial charge on any atom is 0.344 e. The Morgan fingerprint density at radius 3 is 2.89 bits per heavy atom. The van der Waals surface area contributed by atoms with Crippen molar-refractivity contribution in [2.45, 2.75) is 6.92 Å². The van der Waals surface area contributed by atoms with E-state index >= 15 is 0 Å². The number of halogens is 1. The lowest BCUT2D eigenvalue weighted by Crippen LogP contribution is -2.22. The van der Waals surface area contributed by atoms with Crippen LogP contribution in [0.1, 0.15) is 12.5 Å². The van der Waals surface area contributed by atoms with Gasteiger partial charge in [0.2, 0.25) is 0 Å². The zero-order chi connectivity index (χ0) is 19.7. The van der Waals surface area contributed by atoms with E-state index in [4.69, 9.17) is 9.47 Å². The van der Waals surface area contributed by atoms with Crippen LogP contribution in [0.15, 0.2) is 47.3 Å². The molecule has 0 saturated carbocycles. The van der Waals surface area contributed by atoms with E-state index in [2.05, 4.69) is 27.6 Å². The molecule has 2 aromatic carbocycles. The van der Waals surface area contributed by atoms with Gasteiger partial charge in [-0.3, -0.25) is 4.79 Å². The van der Waals surface area contributed by atoms with Crippen molar-refractivity contribution in [2.75, 3.05) is 13.2 Å². The molecule has 28 heavy (non-hydrogen) atoms. The Balaban J connectivity index is 1.65. The van der Waals surface area contributed by atoms with Gasteiger partial charge in [0.05, 0.1) is 25.7 Å². The molecule has 0 saturated heterocycles. The van der Waals surface area contributed by atoms with Crippen molar-refractivity contribution in [1.82, 2.24) is 9.38 Å². The van der Waals surface area contributed by atoms with E-state index in [0.29, 0.717) is 21.8 Å². The summed E-state index contributed by atoms with van der Waals surface area (Å²) in [6, 6.07) is 13.1. The number of thiazole rings is 1. The van der Waals surface area contributed by atoms with Crippen LogP contribution in [0.25, 0.3) is 22.1 Å². The third-order valence-corrected chi connectivity index (χ3v) is 5.86. The fourth-order valence-corrected chi connectivity index (χ4v) is 4.51. The molecule has 0 atom stereocenters. The van der Waals surface area contributed by atoms with E-state index in [0.717, 1.165) is 20.2 Å². The van der Waals surface area contributed by atoms with E-state index in [-0.39, 0.29) is 12.2 Å². The number of ether oxygens (including phenoxy) is 2. The lowest BCUT2D eigenvalue weighted by Gasteiger charge is -2.08. The highest BCUT2D eigenvalue weighted by Gasteiger charge is 2.11. The number of aromatic nitrogens is 2. The Morgan fingerprint density at radius 2 is 2.11 bits per heavy atom. The topological polar surface area (TPSA) is 69.9 Å². The number of carbonyl (C=O) groups excluding carboxylic acids is 1. The van der Waals surface area contributed by atoms with E-state index in [1.807, 2.05) is 42.5 Å². The summed E-state index contributed by atoms with van der Waals surface area (Å²) in [6.07, 6.45) is 1.84. The van der Waals surface area contributed by atoms with Gasteiger partial charge in [-0.25, -0.2) is 14.2 Å². The molecule has 2 aromatic heterocycles. The Kier molecular flexibility index (Phi) is 5.31. The first kappa shape index (κ1) is 18.9. The van der Waals surface area contributed by atoms with E-state index in [9.17, 15) is 9.59 Å². The van der Waals surface area contributed by atoms with Gasteiger partial charge in [0.25, 0.3) is 5.56 Å². The minimum Gasteiger partial charge on any atom is -0.481 e. The summed E-state index contributed by atoms with van der Waals surface area (Å²) in [6.45, 7) is 1.94. The average Bonchev–Trinajstić information content (AvgIpc) is 3.18. The normalized spacial score (nSPS) is 12.0. The summed E-state index contributed by atoms with van der Waals surface area (Å²) in [5, 5.41) is 0. The van der Waals surface area contributed by atoms with Crippen LogP contribution >= 0.6 is 33.9 Å². The van der Waals surface area contributed by atoms with Crippen LogP contribution < -0.4 is 14.8 Å². The molecule has 0 radical (unpaired) electrons. The van der Waals surface area contributed by atoms with Crippen molar-refractivity contribution >= 4 is 62.0 Å². The molecular formula is C20H15IN2O4S. The van der Waals surface area contributed by atoms with Crippen LogP contribution in [0.2, 0.25) is 0 Å². The number of carbonyl (C=O) groups is 1. The first-order chi connectivity index (χ1) is 13.6. The number of fused-ring (bicyclic) bond motifs is 3. The van der Waals surface area contributed by atoms with E-state index < -0.39 is 5.97 Å². The van der Waals surface area contributed by atoms with Crippen molar-refractivity contribution in [1.29, 1.82) is 0 Å². The summed E-state index contributed by atoms with van der Waals surface area (Å²) in [5.74, 6) is 0.194. The van der Waals surface area contributed by atoms with Crippen molar-refractivity contribution in [2.24, 2.45) is 0 Å². The highest BCUT2D eigenvalue weighted by Crippen LogP contribution is 2.23. The maximum atomic E-state index is 12.8. The largest absolute Gasteiger partial charge is 0.481 e. The zero-order valence-corrected chi connectivity index (χ0v) is 17.8. The van der Waals surface area contributed by atoms with Gasteiger partial charge in [-0.2, -0.15) is 0 Å². The quantitative estimate of drug-likeness (QED) is 0.308. The van der Waals surface area contributed by atoms with Crippen molar-refractivity contribution in [3.8, 4) is 5.75 Å². The van der Waals surface area contributed by atoms with Gasteiger partial charge in [-0.15, -0.1) is 0 Å². The van der Waals surface area contributed by atoms with Crippen molar-refractivity contribution in [3.63, 3.8) is 0 Å². The number of imidazole rings is 1. The first-order valence-electron chi connectivity index (χ1n) is 8.56. The SMILES string of the molecule is CCOC(=O)COc1ccc(C=c2sc3nc4ccccc4n3c2=O)cc1I. The van der Waals surface area contributed by atoms with Crippen LogP contribution in [-0.2, 0) is 9.53 Å². The highest BCUT2D eigenvalue weighted by atomic mass is 127. The smallest absolute Gasteiger partial charge is 0.344 e. The third-order valence-electron chi connectivity index (χ3n) is 4.05. The van der Waals surface area contributed by atoms with Crippen LogP contribution in [0.5, 0.6) is 5.75 Å². The fraction of sp³-hybridized carbons (Fsp3) is 0.150. The Bertz CT molecular complexity index is 1300. The first-order valence-corrected chi connectivity index (χ1v) is 10.5. The van der Waals surface area contributed by atoms with Gasteiger partial charge >= 0.3 is 5.97 Å². The molecule has 0 spiro atoms. The Hall–Kier alpha value is -2.46. The molecule has 142 valence electrons. The number of benzene rings is 2. The molecule has 0 aliphatic rings. The molecule has 0 amide bonds. The molecule has 0 aliphatic heterocycles. The summed E-state index contributed by atoms with van der Waals surface area (Å²) in [4.78, 5) is 29.5. The summed E-state index contributed by atoms with van der Waals surface area (Å²) < 4.78 is 13.5. The predicted molar refractivity (Wildman–Crippen MR) is 117 cm³/mol. The molecular weight excluding hydrogens is 491 g/mol. The van der Waals surface area contributed by atoms with Crippen LogP contribution in [0.4, 0.5) is 0 Å². The van der Waals surface area contributed by atoms with Gasteiger partial charge < -0.3 is 9.47 Å². The molecule has 0 bridgehead atoms. The molecule has 6 nitrogen and oxygen atoms in total. The van der Waals surface area contributed by atoms with Crippen LogP contribution in [-0.4, -0.2) is 28.6 Å². The summed E-state index contributed by atoms with van der Waals surface area (Å²) >= 11 is 3.50.